The molecule has 0 aliphatic heterocycles. The van der Waals surface area contributed by atoms with Gasteiger partial charge in [-0.05, 0) is 35.2 Å². The maximum absolute atomic E-state index is 13.6. The summed E-state index contributed by atoms with van der Waals surface area (Å²) in [6, 6.07) is 35.7. The van der Waals surface area contributed by atoms with Crippen molar-refractivity contribution >= 4 is 23.4 Å². The molecule has 2 amide bonds. The first-order chi connectivity index (χ1) is 18.6. The quantitative estimate of drug-likeness (QED) is 0.257. The lowest BCUT2D eigenvalue weighted by Gasteiger charge is -2.31. The second-order valence-electron chi connectivity index (χ2n) is 8.96. The van der Waals surface area contributed by atoms with Crippen LogP contribution in [0.15, 0.2) is 115 Å². The van der Waals surface area contributed by atoms with E-state index in [9.17, 15) is 9.59 Å². The standard InChI is InChI=1S/C32H31ClN2O3/c33-28-18-10-11-19-30(28)38-24-31(36)35(23-27-16-8-3-9-17-27)29(22-26-14-6-2-7-15-26)32(37)34-21-20-25-12-4-1-5-13-25/h1-19,29H,20-24H2,(H,34,37). The number of nitrogens with one attached hydrogen (secondary N) is 1. The number of para-hydroxylation sites is 1. The Balaban J connectivity index is 1.56. The second-order valence-corrected chi connectivity index (χ2v) is 9.37. The first-order valence-corrected chi connectivity index (χ1v) is 13.0. The van der Waals surface area contributed by atoms with Crippen molar-refractivity contribution in [3.8, 4) is 5.75 Å². The first-order valence-electron chi connectivity index (χ1n) is 12.7. The normalized spacial score (nSPS) is 11.4. The zero-order valence-corrected chi connectivity index (χ0v) is 21.9. The number of hydrogen-bond donors (Lipinski definition) is 1. The monoisotopic (exact) mass is 526 g/mol. The lowest BCUT2D eigenvalue weighted by molar-refractivity contribution is -0.142. The molecule has 4 aromatic carbocycles. The summed E-state index contributed by atoms with van der Waals surface area (Å²) < 4.78 is 5.78. The number of carbonyl (C=O) groups excluding carboxylic acids is 2. The Kier molecular flexibility index (Phi) is 9.94. The van der Waals surface area contributed by atoms with Crippen molar-refractivity contribution < 1.29 is 14.3 Å². The highest BCUT2D eigenvalue weighted by Crippen LogP contribution is 2.23. The van der Waals surface area contributed by atoms with Crippen LogP contribution in [0.5, 0.6) is 5.75 Å². The minimum atomic E-state index is -0.726. The van der Waals surface area contributed by atoms with Crippen molar-refractivity contribution in [3.63, 3.8) is 0 Å². The van der Waals surface area contributed by atoms with Crippen LogP contribution in [0.4, 0.5) is 0 Å². The van der Waals surface area contributed by atoms with Gasteiger partial charge >= 0.3 is 0 Å². The van der Waals surface area contributed by atoms with Crippen LogP contribution in [0.25, 0.3) is 0 Å². The number of benzene rings is 4. The van der Waals surface area contributed by atoms with Crippen molar-refractivity contribution in [1.29, 1.82) is 0 Å². The molecule has 4 aromatic rings. The number of ether oxygens (including phenoxy) is 1. The molecule has 38 heavy (non-hydrogen) atoms. The van der Waals surface area contributed by atoms with E-state index >= 15 is 0 Å². The fraction of sp³-hybridized carbons (Fsp3) is 0.188. The van der Waals surface area contributed by atoms with E-state index in [1.165, 1.54) is 0 Å². The smallest absolute Gasteiger partial charge is 0.261 e. The molecular weight excluding hydrogens is 496 g/mol. The van der Waals surface area contributed by atoms with Gasteiger partial charge in [0.15, 0.2) is 6.61 Å². The maximum Gasteiger partial charge on any atom is 0.261 e. The van der Waals surface area contributed by atoms with Crippen LogP contribution < -0.4 is 10.1 Å². The average molecular weight is 527 g/mol. The number of halogens is 1. The SMILES string of the molecule is O=C(NCCc1ccccc1)C(Cc1ccccc1)N(Cc1ccccc1)C(=O)COc1ccccc1Cl. The summed E-state index contributed by atoms with van der Waals surface area (Å²) >= 11 is 6.23. The highest BCUT2D eigenvalue weighted by atomic mass is 35.5. The third kappa shape index (κ3) is 7.95. The molecule has 4 rings (SSSR count). The molecule has 1 unspecified atom stereocenters. The van der Waals surface area contributed by atoms with Gasteiger partial charge in [0.1, 0.15) is 11.8 Å². The van der Waals surface area contributed by atoms with Crippen LogP contribution in [-0.2, 0) is 29.0 Å². The Morgan fingerprint density at radius 3 is 1.92 bits per heavy atom. The Labute approximate surface area is 229 Å². The molecule has 0 fully saturated rings. The van der Waals surface area contributed by atoms with E-state index in [0.29, 0.717) is 30.2 Å². The Hall–Kier alpha value is -4.09. The van der Waals surface area contributed by atoms with Crippen LogP contribution in [0.2, 0.25) is 5.02 Å². The number of hydrogen-bond acceptors (Lipinski definition) is 3. The molecule has 0 bridgehead atoms. The fourth-order valence-corrected chi connectivity index (χ4v) is 4.40. The van der Waals surface area contributed by atoms with Gasteiger partial charge in [0.05, 0.1) is 5.02 Å². The second kappa shape index (κ2) is 14.0. The summed E-state index contributed by atoms with van der Waals surface area (Å²) in [5.74, 6) is -0.0752. The molecule has 0 aromatic heterocycles. The Bertz CT molecular complexity index is 1300. The maximum atomic E-state index is 13.6. The minimum Gasteiger partial charge on any atom is -0.482 e. The van der Waals surface area contributed by atoms with Gasteiger partial charge in [0.2, 0.25) is 5.91 Å². The van der Waals surface area contributed by atoms with Crippen LogP contribution in [0, 0.1) is 0 Å². The molecule has 0 spiro atoms. The zero-order chi connectivity index (χ0) is 26.6. The molecule has 5 nitrogen and oxygen atoms in total. The number of amides is 2. The molecule has 0 aliphatic rings. The van der Waals surface area contributed by atoms with Crippen LogP contribution in [0.3, 0.4) is 0 Å². The van der Waals surface area contributed by atoms with Gasteiger partial charge in [-0.1, -0.05) is 115 Å². The largest absolute Gasteiger partial charge is 0.482 e. The van der Waals surface area contributed by atoms with Gasteiger partial charge < -0.3 is 15.0 Å². The fourth-order valence-electron chi connectivity index (χ4n) is 4.21. The molecule has 0 saturated carbocycles. The first kappa shape index (κ1) is 27.0. The summed E-state index contributed by atoms with van der Waals surface area (Å²) in [5, 5.41) is 3.49. The van der Waals surface area contributed by atoms with Crippen LogP contribution in [-0.4, -0.2) is 35.9 Å². The lowest BCUT2D eigenvalue weighted by atomic mass is 10.0. The topological polar surface area (TPSA) is 58.6 Å². The third-order valence-electron chi connectivity index (χ3n) is 6.21. The van der Waals surface area contributed by atoms with E-state index in [4.69, 9.17) is 16.3 Å². The van der Waals surface area contributed by atoms with Gasteiger partial charge in [-0.25, -0.2) is 0 Å². The number of nitrogens with zero attached hydrogens (tertiary/aromatic N) is 1. The Morgan fingerprint density at radius 1 is 0.737 bits per heavy atom. The lowest BCUT2D eigenvalue weighted by Crippen LogP contribution is -2.52. The summed E-state index contributed by atoms with van der Waals surface area (Å²) in [4.78, 5) is 28.9. The molecule has 0 radical (unpaired) electrons. The van der Waals surface area contributed by atoms with Crippen molar-refractivity contribution in [2.24, 2.45) is 0 Å². The van der Waals surface area contributed by atoms with E-state index < -0.39 is 6.04 Å². The highest BCUT2D eigenvalue weighted by molar-refractivity contribution is 6.32. The summed E-state index contributed by atoms with van der Waals surface area (Å²) in [5.41, 5.74) is 3.03. The molecule has 0 aliphatic carbocycles. The summed E-state index contributed by atoms with van der Waals surface area (Å²) in [6.07, 6.45) is 1.08. The minimum absolute atomic E-state index is 0.202. The molecule has 0 heterocycles. The van der Waals surface area contributed by atoms with Crippen LogP contribution in [0.1, 0.15) is 16.7 Å². The van der Waals surface area contributed by atoms with Gasteiger partial charge in [-0.3, -0.25) is 9.59 Å². The van der Waals surface area contributed by atoms with Crippen molar-refractivity contribution in [2.75, 3.05) is 13.2 Å². The molecule has 0 saturated heterocycles. The number of carbonyl (C=O) groups is 2. The molecule has 6 heteroatoms. The van der Waals surface area contributed by atoms with E-state index in [1.807, 2.05) is 91.0 Å². The van der Waals surface area contributed by atoms with E-state index in [-0.39, 0.29) is 25.0 Å². The number of rotatable bonds is 12. The third-order valence-corrected chi connectivity index (χ3v) is 6.52. The van der Waals surface area contributed by atoms with Gasteiger partial charge in [0, 0.05) is 19.5 Å². The summed E-state index contributed by atoms with van der Waals surface area (Å²) in [7, 11) is 0. The van der Waals surface area contributed by atoms with Gasteiger partial charge in [-0.15, -0.1) is 0 Å². The molecule has 1 N–H and O–H groups in total. The van der Waals surface area contributed by atoms with Crippen molar-refractivity contribution in [3.05, 3.63) is 137 Å². The predicted octanol–water partition coefficient (Wildman–Crippen LogP) is 5.72. The average Bonchev–Trinajstić information content (AvgIpc) is 2.96. The molecular formula is C32H31ClN2O3. The van der Waals surface area contributed by atoms with Crippen LogP contribution >= 0.6 is 11.6 Å². The van der Waals surface area contributed by atoms with E-state index in [0.717, 1.165) is 16.7 Å². The predicted molar refractivity (Wildman–Crippen MR) is 151 cm³/mol. The van der Waals surface area contributed by atoms with Gasteiger partial charge in [0.25, 0.3) is 5.91 Å². The highest BCUT2D eigenvalue weighted by Gasteiger charge is 2.30. The Morgan fingerprint density at radius 2 is 1.29 bits per heavy atom. The zero-order valence-electron chi connectivity index (χ0n) is 21.1. The van der Waals surface area contributed by atoms with Crippen molar-refractivity contribution in [1.82, 2.24) is 10.2 Å². The molecule has 1 atom stereocenters. The van der Waals surface area contributed by atoms with Gasteiger partial charge in [-0.2, -0.15) is 0 Å². The van der Waals surface area contributed by atoms with E-state index in [1.54, 1.807) is 29.2 Å². The summed E-state index contributed by atoms with van der Waals surface area (Å²) in [6.45, 7) is 0.506. The molecule has 194 valence electrons. The van der Waals surface area contributed by atoms with E-state index in [2.05, 4.69) is 5.32 Å². The van der Waals surface area contributed by atoms with Crippen molar-refractivity contribution in [2.45, 2.75) is 25.4 Å².